The van der Waals surface area contributed by atoms with E-state index in [0.717, 1.165) is 4.47 Å². The number of anilines is 1. The molecule has 2 rings (SSSR count). The highest BCUT2D eigenvalue weighted by Gasteiger charge is 2.10. The first-order valence-corrected chi connectivity index (χ1v) is 6.67. The third-order valence-electron chi connectivity index (χ3n) is 2.61. The van der Waals surface area contributed by atoms with Gasteiger partial charge in [0.25, 0.3) is 5.91 Å². The molecule has 2 aromatic carbocycles. The Labute approximate surface area is 123 Å². The van der Waals surface area contributed by atoms with E-state index in [0.29, 0.717) is 16.3 Å². The molecule has 98 valence electrons. The number of hydrogen-bond acceptors (Lipinski definition) is 1. The second-order valence-electron chi connectivity index (χ2n) is 4.04. The van der Waals surface area contributed by atoms with Crippen molar-refractivity contribution in [3.8, 4) is 0 Å². The molecule has 0 atom stereocenters. The third-order valence-corrected chi connectivity index (χ3v) is 3.42. The van der Waals surface area contributed by atoms with Crippen LogP contribution in [0.2, 0.25) is 5.02 Å². The second-order valence-corrected chi connectivity index (χ2v) is 5.37. The Hall–Kier alpha value is -1.39. The smallest absolute Gasteiger partial charge is 0.255 e. The molecule has 0 unspecified atom stereocenters. The molecule has 0 fully saturated rings. The Morgan fingerprint density at radius 2 is 2.00 bits per heavy atom. The Morgan fingerprint density at radius 1 is 1.26 bits per heavy atom. The third kappa shape index (κ3) is 3.33. The zero-order chi connectivity index (χ0) is 14.0. The normalized spacial score (nSPS) is 10.3. The van der Waals surface area contributed by atoms with Crippen LogP contribution < -0.4 is 5.32 Å². The molecule has 0 saturated carbocycles. The monoisotopic (exact) mass is 341 g/mol. The van der Waals surface area contributed by atoms with E-state index in [-0.39, 0.29) is 5.56 Å². The van der Waals surface area contributed by atoms with Gasteiger partial charge in [0.15, 0.2) is 0 Å². The molecule has 2 aromatic rings. The van der Waals surface area contributed by atoms with Crippen LogP contribution >= 0.6 is 27.5 Å². The van der Waals surface area contributed by atoms with Crippen molar-refractivity contribution in [2.24, 2.45) is 0 Å². The van der Waals surface area contributed by atoms with Gasteiger partial charge in [-0.05, 0) is 42.8 Å². The molecular weight excluding hydrogens is 333 g/mol. The van der Waals surface area contributed by atoms with Crippen molar-refractivity contribution in [1.29, 1.82) is 0 Å². The lowest BCUT2D eigenvalue weighted by Gasteiger charge is -2.08. The van der Waals surface area contributed by atoms with Crippen LogP contribution in [0.3, 0.4) is 0 Å². The average Bonchev–Trinajstić information content (AvgIpc) is 2.36. The van der Waals surface area contributed by atoms with Gasteiger partial charge in [0.1, 0.15) is 5.82 Å². The van der Waals surface area contributed by atoms with Gasteiger partial charge in [-0.2, -0.15) is 0 Å². The number of benzene rings is 2. The molecule has 0 aliphatic heterocycles. The van der Waals surface area contributed by atoms with Crippen molar-refractivity contribution < 1.29 is 9.18 Å². The molecule has 2 nitrogen and oxygen atoms in total. The summed E-state index contributed by atoms with van der Waals surface area (Å²) >= 11 is 9.28. The summed E-state index contributed by atoms with van der Waals surface area (Å²) < 4.78 is 14.2. The number of rotatable bonds is 2. The molecule has 1 N–H and O–H groups in total. The molecule has 0 heterocycles. The van der Waals surface area contributed by atoms with Crippen LogP contribution in [-0.2, 0) is 0 Å². The molecule has 0 aliphatic rings. The molecule has 19 heavy (non-hydrogen) atoms. The van der Waals surface area contributed by atoms with E-state index in [1.807, 2.05) is 0 Å². The quantitative estimate of drug-likeness (QED) is 0.834. The van der Waals surface area contributed by atoms with Crippen LogP contribution in [0.1, 0.15) is 15.9 Å². The maximum Gasteiger partial charge on any atom is 0.255 e. The Morgan fingerprint density at radius 3 is 2.63 bits per heavy atom. The summed E-state index contributed by atoms with van der Waals surface area (Å²) in [4.78, 5) is 12.0. The Balaban J connectivity index is 2.23. The average molecular weight is 343 g/mol. The highest BCUT2D eigenvalue weighted by molar-refractivity contribution is 9.10. The first-order chi connectivity index (χ1) is 8.97. The molecule has 0 aromatic heterocycles. The summed E-state index contributed by atoms with van der Waals surface area (Å²) in [5.41, 5.74) is 1.23. The molecule has 0 saturated heterocycles. The topological polar surface area (TPSA) is 29.1 Å². The highest BCUT2D eigenvalue weighted by atomic mass is 79.9. The molecule has 5 heteroatoms. The summed E-state index contributed by atoms with van der Waals surface area (Å²) in [5, 5.41) is 3.05. The number of carbonyl (C=O) groups is 1. The van der Waals surface area contributed by atoms with Crippen molar-refractivity contribution in [3.05, 3.63) is 62.8 Å². The first-order valence-electron chi connectivity index (χ1n) is 5.50. The molecular formula is C14H10BrClFNO. The van der Waals surface area contributed by atoms with Gasteiger partial charge in [-0.3, -0.25) is 4.79 Å². The van der Waals surface area contributed by atoms with Crippen LogP contribution in [0, 0.1) is 12.7 Å². The molecule has 1 amide bonds. The van der Waals surface area contributed by atoms with Gasteiger partial charge in [0.2, 0.25) is 0 Å². The lowest BCUT2D eigenvalue weighted by molar-refractivity contribution is 0.102. The number of carbonyl (C=O) groups excluding carboxylic acids is 1. The minimum Gasteiger partial charge on any atom is -0.321 e. The number of hydrogen-bond donors (Lipinski definition) is 1. The van der Waals surface area contributed by atoms with E-state index in [1.165, 1.54) is 6.07 Å². The fourth-order valence-corrected chi connectivity index (χ4v) is 2.24. The number of nitrogens with one attached hydrogen (secondary N) is 1. The largest absolute Gasteiger partial charge is 0.321 e. The van der Waals surface area contributed by atoms with Gasteiger partial charge >= 0.3 is 0 Å². The van der Waals surface area contributed by atoms with Crippen molar-refractivity contribution in [2.45, 2.75) is 6.92 Å². The predicted octanol–water partition coefficient (Wildman–Crippen LogP) is 4.80. The maximum atomic E-state index is 13.4. The van der Waals surface area contributed by atoms with Crippen LogP contribution in [-0.4, -0.2) is 5.91 Å². The second kappa shape index (κ2) is 5.72. The van der Waals surface area contributed by atoms with Crippen molar-refractivity contribution in [1.82, 2.24) is 0 Å². The summed E-state index contributed by atoms with van der Waals surface area (Å²) in [6.45, 7) is 1.64. The lowest BCUT2D eigenvalue weighted by Crippen LogP contribution is -2.12. The summed E-state index contributed by atoms with van der Waals surface area (Å²) in [6.07, 6.45) is 0. The van der Waals surface area contributed by atoms with E-state index in [1.54, 1.807) is 37.3 Å². The number of amides is 1. The SMILES string of the molecule is Cc1ccc(C(=O)Nc2ccc(Br)cc2Cl)cc1F. The van der Waals surface area contributed by atoms with Gasteiger partial charge in [-0.15, -0.1) is 0 Å². The van der Waals surface area contributed by atoms with Crippen LogP contribution in [0.5, 0.6) is 0 Å². The van der Waals surface area contributed by atoms with Crippen LogP contribution in [0.15, 0.2) is 40.9 Å². The molecule has 0 aliphatic carbocycles. The summed E-state index contributed by atoms with van der Waals surface area (Å²) in [7, 11) is 0. The minimum atomic E-state index is -0.408. The minimum absolute atomic E-state index is 0.252. The number of halogens is 3. The van der Waals surface area contributed by atoms with Gasteiger partial charge in [-0.1, -0.05) is 33.6 Å². The predicted molar refractivity (Wildman–Crippen MR) is 78.2 cm³/mol. The van der Waals surface area contributed by atoms with E-state index < -0.39 is 11.7 Å². The van der Waals surface area contributed by atoms with Crippen molar-refractivity contribution >= 4 is 39.1 Å². The molecule has 0 radical (unpaired) electrons. The van der Waals surface area contributed by atoms with Crippen LogP contribution in [0.4, 0.5) is 10.1 Å². The highest BCUT2D eigenvalue weighted by Crippen LogP contribution is 2.26. The van der Waals surface area contributed by atoms with Gasteiger partial charge < -0.3 is 5.32 Å². The van der Waals surface area contributed by atoms with Crippen molar-refractivity contribution in [3.63, 3.8) is 0 Å². The molecule has 0 bridgehead atoms. The van der Waals surface area contributed by atoms with E-state index >= 15 is 0 Å². The zero-order valence-electron chi connectivity index (χ0n) is 10.0. The zero-order valence-corrected chi connectivity index (χ0v) is 12.3. The molecule has 0 spiro atoms. The van der Waals surface area contributed by atoms with E-state index in [4.69, 9.17) is 11.6 Å². The lowest BCUT2D eigenvalue weighted by atomic mass is 10.1. The summed E-state index contributed by atoms with van der Waals surface area (Å²) in [6, 6.07) is 9.45. The van der Waals surface area contributed by atoms with E-state index in [2.05, 4.69) is 21.2 Å². The maximum absolute atomic E-state index is 13.4. The first kappa shape index (κ1) is 14.0. The van der Waals surface area contributed by atoms with Gasteiger partial charge in [0.05, 0.1) is 10.7 Å². The van der Waals surface area contributed by atoms with Gasteiger partial charge in [-0.25, -0.2) is 4.39 Å². The summed E-state index contributed by atoms with van der Waals surface area (Å²) in [5.74, 6) is -0.808. The fourth-order valence-electron chi connectivity index (χ4n) is 1.52. The van der Waals surface area contributed by atoms with Crippen LogP contribution in [0.25, 0.3) is 0 Å². The van der Waals surface area contributed by atoms with Gasteiger partial charge in [0, 0.05) is 10.0 Å². The van der Waals surface area contributed by atoms with Crippen molar-refractivity contribution in [2.75, 3.05) is 5.32 Å². The number of aryl methyl sites for hydroxylation is 1. The fraction of sp³-hybridized carbons (Fsp3) is 0.0714. The van der Waals surface area contributed by atoms with E-state index in [9.17, 15) is 9.18 Å². The standard InChI is InChI=1S/C14H10BrClFNO/c1-8-2-3-9(6-12(8)17)14(19)18-13-5-4-10(15)7-11(13)16/h2-7H,1H3,(H,18,19). The Bertz CT molecular complexity index is 645. The Kier molecular flexibility index (Phi) is 4.22.